The number of hydrogen-bond donors (Lipinski definition) is 10. The van der Waals surface area contributed by atoms with Crippen LogP contribution in [0.3, 0.4) is 0 Å². The van der Waals surface area contributed by atoms with Gasteiger partial charge in [-0.05, 0) is 0 Å². The van der Waals surface area contributed by atoms with Gasteiger partial charge in [-0.25, -0.2) is 13.7 Å². The van der Waals surface area contributed by atoms with Crippen molar-refractivity contribution in [2.24, 2.45) is 0 Å². The van der Waals surface area contributed by atoms with E-state index in [0.29, 0.717) is 0 Å². The number of hydrogen-bond acceptors (Lipinski definition) is 12. The van der Waals surface area contributed by atoms with Crippen molar-refractivity contribution in [2.45, 2.75) is 42.7 Å². The van der Waals surface area contributed by atoms with Crippen LogP contribution in [-0.2, 0) is 31.8 Å². The molecule has 0 spiro atoms. The predicted molar refractivity (Wildman–Crippen MR) is 85.6 cm³/mol. The second-order valence-electron chi connectivity index (χ2n) is 5.76. The molecule has 10 N–H and O–H groups in total. The first-order valence-electron chi connectivity index (χ1n) is 7.44. The molecule has 8 atom stereocenters. The van der Waals surface area contributed by atoms with E-state index in [1.165, 1.54) is 0 Å². The first kappa shape index (κ1) is 27.2. The Morgan fingerprint density at radius 1 is 0.724 bits per heavy atom. The zero-order valence-electron chi connectivity index (χ0n) is 14.1. The molecular formula is C9H21O17P3. The Bertz CT molecular complexity index is 673. The van der Waals surface area contributed by atoms with Crippen molar-refractivity contribution < 1.29 is 81.8 Å². The van der Waals surface area contributed by atoms with Crippen molar-refractivity contribution in [1.82, 2.24) is 0 Å². The largest absolute Gasteiger partial charge is 0.472 e. The van der Waals surface area contributed by atoms with Gasteiger partial charge in [0.05, 0.1) is 13.2 Å². The molecule has 0 heterocycles. The topological polar surface area (TPSA) is 290 Å². The lowest BCUT2D eigenvalue weighted by Gasteiger charge is -2.44. The van der Waals surface area contributed by atoms with Crippen LogP contribution < -0.4 is 0 Å². The Balaban J connectivity index is 3.13. The smallest absolute Gasteiger partial charge is 0.394 e. The van der Waals surface area contributed by atoms with E-state index in [1.54, 1.807) is 0 Å². The monoisotopic (exact) mass is 494 g/mol. The minimum atomic E-state index is -5.49. The number of phosphoric ester groups is 3. The third-order valence-corrected chi connectivity index (χ3v) is 5.46. The van der Waals surface area contributed by atoms with Crippen LogP contribution in [0.2, 0.25) is 0 Å². The molecule has 0 radical (unpaired) electrons. The molecule has 0 aromatic rings. The minimum Gasteiger partial charge on any atom is -0.394 e. The highest BCUT2D eigenvalue weighted by molar-refractivity contribution is 7.47. The molecule has 1 aliphatic carbocycles. The summed E-state index contributed by atoms with van der Waals surface area (Å²) in [6, 6.07) is 0. The first-order chi connectivity index (χ1) is 13.0. The standard InChI is InChI=1S/C9H21O17P3/c10-1-3(11)2-23-29(21,22)26-7-4(12)5(13)8(24-27(15,16)17)9(6(7)14)25-28(18,19)20/h3-14H,1-2H2,(H,21,22)(H2,15,16,17)(H2,18,19,20). The Morgan fingerprint density at radius 3 is 1.55 bits per heavy atom. The fraction of sp³-hybridized carbons (Fsp3) is 1.00. The summed E-state index contributed by atoms with van der Waals surface area (Å²) in [5.74, 6) is 0. The van der Waals surface area contributed by atoms with Gasteiger partial charge >= 0.3 is 23.5 Å². The minimum absolute atomic E-state index is 0.868. The summed E-state index contributed by atoms with van der Waals surface area (Å²) in [4.78, 5) is 45.1. The summed E-state index contributed by atoms with van der Waals surface area (Å²) in [5.41, 5.74) is 0. The third-order valence-electron chi connectivity index (χ3n) is 3.43. The van der Waals surface area contributed by atoms with Gasteiger partial charge in [-0.1, -0.05) is 0 Å². The number of aliphatic hydroxyl groups is 5. The SMILES string of the molecule is O=P(O)(O)OC1C(O)C(O)C(OP(=O)(O)OCC(O)CO)C(O)C1OP(=O)(O)O. The van der Waals surface area contributed by atoms with E-state index in [2.05, 4.69) is 18.1 Å². The molecule has 8 unspecified atom stereocenters. The molecule has 1 saturated carbocycles. The van der Waals surface area contributed by atoms with Crippen LogP contribution in [0.25, 0.3) is 0 Å². The lowest BCUT2D eigenvalue weighted by Crippen LogP contribution is -2.65. The highest BCUT2D eigenvalue weighted by Gasteiger charge is 2.56. The van der Waals surface area contributed by atoms with Crippen LogP contribution >= 0.6 is 23.5 Å². The van der Waals surface area contributed by atoms with E-state index in [0.717, 1.165) is 0 Å². The van der Waals surface area contributed by atoms with Gasteiger partial charge in [0.2, 0.25) is 0 Å². The van der Waals surface area contributed by atoms with Crippen LogP contribution in [0, 0.1) is 0 Å². The molecule has 1 aliphatic rings. The van der Waals surface area contributed by atoms with Crippen LogP contribution in [-0.4, -0.2) is 106 Å². The zero-order valence-corrected chi connectivity index (χ0v) is 16.8. The summed E-state index contributed by atoms with van der Waals surface area (Å²) in [7, 11) is -16.2. The average molecular weight is 494 g/mol. The Kier molecular flexibility index (Phi) is 9.52. The van der Waals surface area contributed by atoms with E-state index in [9.17, 15) is 33.9 Å². The van der Waals surface area contributed by atoms with Crippen LogP contribution in [0.15, 0.2) is 0 Å². The molecule has 0 aromatic heterocycles. The Hall–Kier alpha value is 0.130. The molecule has 17 nitrogen and oxygen atoms in total. The maximum Gasteiger partial charge on any atom is 0.472 e. The third kappa shape index (κ3) is 8.65. The van der Waals surface area contributed by atoms with Crippen molar-refractivity contribution in [3.63, 3.8) is 0 Å². The summed E-state index contributed by atoms with van der Waals surface area (Å²) in [6.07, 6.45) is -16.2. The normalized spacial score (nSPS) is 34.6. The molecule has 29 heavy (non-hydrogen) atoms. The van der Waals surface area contributed by atoms with Crippen molar-refractivity contribution in [3.05, 3.63) is 0 Å². The van der Waals surface area contributed by atoms with E-state index < -0.39 is 79.4 Å². The Labute approximate surface area is 162 Å². The molecule has 0 bridgehead atoms. The van der Waals surface area contributed by atoms with E-state index in [-0.39, 0.29) is 0 Å². The van der Waals surface area contributed by atoms with E-state index >= 15 is 0 Å². The number of aliphatic hydroxyl groups excluding tert-OH is 5. The molecule has 0 aliphatic heterocycles. The lowest BCUT2D eigenvalue weighted by molar-refractivity contribution is -0.213. The quantitative estimate of drug-likeness (QED) is 0.129. The first-order valence-corrected chi connectivity index (χ1v) is 12.0. The fourth-order valence-corrected chi connectivity index (χ4v) is 4.37. The highest BCUT2D eigenvalue weighted by atomic mass is 31.2. The number of rotatable bonds is 10. The molecule has 1 rings (SSSR count). The van der Waals surface area contributed by atoms with Crippen molar-refractivity contribution in [1.29, 1.82) is 0 Å². The highest BCUT2D eigenvalue weighted by Crippen LogP contribution is 2.51. The van der Waals surface area contributed by atoms with Gasteiger partial charge in [-0.2, -0.15) is 0 Å². The summed E-state index contributed by atoms with van der Waals surface area (Å²) in [6.45, 7) is -1.81. The van der Waals surface area contributed by atoms with Crippen molar-refractivity contribution in [3.8, 4) is 0 Å². The maximum absolute atomic E-state index is 11.9. The van der Waals surface area contributed by atoms with Gasteiger partial charge in [0.25, 0.3) is 0 Å². The summed E-state index contributed by atoms with van der Waals surface area (Å²) < 4.78 is 51.0. The van der Waals surface area contributed by atoms with Gasteiger partial charge < -0.3 is 50.0 Å². The van der Waals surface area contributed by atoms with Crippen molar-refractivity contribution in [2.75, 3.05) is 13.2 Å². The lowest BCUT2D eigenvalue weighted by atomic mass is 9.85. The van der Waals surface area contributed by atoms with Gasteiger partial charge in [0.15, 0.2) is 0 Å². The van der Waals surface area contributed by atoms with Gasteiger partial charge in [-0.3, -0.25) is 18.1 Å². The molecular weight excluding hydrogens is 473 g/mol. The Morgan fingerprint density at radius 2 is 1.14 bits per heavy atom. The fourth-order valence-electron chi connectivity index (χ4n) is 2.27. The van der Waals surface area contributed by atoms with Crippen LogP contribution in [0.1, 0.15) is 0 Å². The van der Waals surface area contributed by atoms with Gasteiger partial charge in [0, 0.05) is 0 Å². The molecule has 0 amide bonds. The molecule has 1 fully saturated rings. The zero-order chi connectivity index (χ0) is 22.8. The van der Waals surface area contributed by atoms with Crippen molar-refractivity contribution >= 4 is 23.5 Å². The second kappa shape index (κ2) is 10.2. The van der Waals surface area contributed by atoms with Crippen LogP contribution in [0.4, 0.5) is 0 Å². The maximum atomic E-state index is 11.9. The molecule has 174 valence electrons. The van der Waals surface area contributed by atoms with E-state index in [1.807, 2.05) is 0 Å². The predicted octanol–water partition coefficient (Wildman–Crippen LogP) is -4.11. The van der Waals surface area contributed by atoms with Gasteiger partial charge in [-0.15, -0.1) is 0 Å². The van der Waals surface area contributed by atoms with E-state index in [4.69, 9.17) is 29.8 Å². The molecule has 0 saturated heterocycles. The van der Waals surface area contributed by atoms with Gasteiger partial charge in [0.1, 0.15) is 42.7 Å². The van der Waals surface area contributed by atoms with Crippen LogP contribution in [0.5, 0.6) is 0 Å². The summed E-state index contributed by atoms with van der Waals surface area (Å²) >= 11 is 0. The second-order valence-corrected chi connectivity index (χ2v) is 9.55. The average Bonchev–Trinajstić information content (AvgIpc) is 2.56. The molecule has 20 heteroatoms. The number of phosphoric acid groups is 3. The summed E-state index contributed by atoms with van der Waals surface area (Å²) in [5, 5.41) is 47.8. The molecule has 0 aromatic carbocycles.